The molecule has 0 amide bonds. The Morgan fingerprint density at radius 2 is 0.739 bits per heavy atom. The lowest BCUT2D eigenvalue weighted by Crippen LogP contribution is -2.44. The quantitative estimate of drug-likeness (QED) is 0.531. The van der Waals surface area contributed by atoms with E-state index in [0.29, 0.717) is 0 Å². The van der Waals surface area contributed by atoms with Crippen molar-refractivity contribution in [2.45, 2.75) is 39.3 Å². The fourth-order valence-corrected chi connectivity index (χ4v) is 14.4. The molecule has 0 heterocycles. The average Bonchev–Trinajstić information content (AvgIpc) is 2.49. The second kappa shape index (κ2) is 9.01. The molecule has 0 aromatic heterocycles. The molecule has 0 aliphatic carbocycles. The normalized spacial score (nSPS) is 15.0. The highest BCUT2D eigenvalue weighted by Crippen LogP contribution is 2.20. The standard InChI is InChI=1S/C14H34O5Si4/c1-15-22(9,16-2)13-11-20(5,6)19-21(7,8)12-14-23(10,17-3)18-4/h11-14H,1-10H3/b13-11+,14-12+. The van der Waals surface area contributed by atoms with Gasteiger partial charge in [0.2, 0.25) is 0 Å². The van der Waals surface area contributed by atoms with Gasteiger partial charge in [-0.2, -0.15) is 0 Å². The van der Waals surface area contributed by atoms with Crippen LogP contribution in [0.25, 0.3) is 0 Å². The maximum absolute atomic E-state index is 6.52. The Hall–Kier alpha value is 0.148. The third-order valence-electron chi connectivity index (χ3n) is 3.72. The van der Waals surface area contributed by atoms with Crippen LogP contribution < -0.4 is 0 Å². The SMILES string of the molecule is CO[Si](C)(/C=C/[Si](C)(C)O[Si](C)(C)/C=C/[Si](C)(OC)OC)OC. The van der Waals surface area contributed by atoms with Crippen LogP contribution in [-0.4, -0.2) is 62.2 Å². The molecule has 0 atom stereocenters. The highest BCUT2D eigenvalue weighted by atomic mass is 28.4. The van der Waals surface area contributed by atoms with Gasteiger partial charge in [0.05, 0.1) is 0 Å². The smallest absolute Gasteiger partial charge is 0.360 e. The first-order valence-electron chi connectivity index (χ1n) is 7.68. The van der Waals surface area contributed by atoms with Crippen molar-refractivity contribution in [3.63, 3.8) is 0 Å². The fourth-order valence-electron chi connectivity index (χ4n) is 1.89. The van der Waals surface area contributed by atoms with Crippen LogP contribution in [0.3, 0.4) is 0 Å². The van der Waals surface area contributed by atoms with Crippen LogP contribution in [0.1, 0.15) is 0 Å². The lowest BCUT2D eigenvalue weighted by molar-refractivity contribution is 0.263. The summed E-state index contributed by atoms with van der Waals surface area (Å²) in [7, 11) is -1.56. The predicted octanol–water partition coefficient (Wildman–Crippen LogP) is 3.41. The van der Waals surface area contributed by atoms with Crippen molar-refractivity contribution in [2.24, 2.45) is 0 Å². The lowest BCUT2D eigenvalue weighted by atomic mass is 11.2. The van der Waals surface area contributed by atoms with E-state index in [0.717, 1.165) is 0 Å². The summed E-state index contributed by atoms with van der Waals surface area (Å²) >= 11 is 0. The molecule has 0 aliphatic rings. The molecule has 5 nitrogen and oxygen atoms in total. The first-order valence-corrected chi connectivity index (χ1v) is 18.4. The number of rotatable bonds is 10. The Balaban J connectivity index is 5.07. The van der Waals surface area contributed by atoms with Crippen LogP contribution in [0, 0.1) is 0 Å². The number of hydrogen-bond donors (Lipinski definition) is 0. The van der Waals surface area contributed by atoms with E-state index in [1.807, 2.05) is 13.1 Å². The zero-order chi connectivity index (χ0) is 18.4. The summed E-state index contributed by atoms with van der Waals surface area (Å²) in [4.78, 5) is 0. The molecule has 0 bridgehead atoms. The molecule has 0 spiro atoms. The van der Waals surface area contributed by atoms with Crippen molar-refractivity contribution in [2.75, 3.05) is 28.4 Å². The van der Waals surface area contributed by atoms with Gasteiger partial charge in [-0.25, -0.2) is 0 Å². The molecule has 0 unspecified atom stereocenters. The van der Waals surface area contributed by atoms with Gasteiger partial charge in [-0.3, -0.25) is 0 Å². The zero-order valence-electron chi connectivity index (χ0n) is 16.4. The van der Waals surface area contributed by atoms with Gasteiger partial charge in [0.1, 0.15) is 0 Å². The molecule has 0 aliphatic heterocycles. The second-order valence-electron chi connectivity index (χ2n) is 6.82. The third-order valence-corrected chi connectivity index (χ3v) is 15.3. The van der Waals surface area contributed by atoms with E-state index >= 15 is 0 Å². The second-order valence-corrected chi connectivity index (χ2v) is 21.1. The van der Waals surface area contributed by atoms with Gasteiger partial charge in [0, 0.05) is 28.4 Å². The molecular formula is C14H34O5Si4. The largest absolute Gasteiger partial charge is 0.449 e. The lowest BCUT2D eigenvalue weighted by Gasteiger charge is -2.31. The molecule has 0 aromatic rings. The first kappa shape index (κ1) is 23.1. The Labute approximate surface area is 146 Å². The first-order chi connectivity index (χ1) is 10.4. The van der Waals surface area contributed by atoms with Gasteiger partial charge in [-0.15, -0.1) is 0 Å². The van der Waals surface area contributed by atoms with Crippen molar-refractivity contribution in [1.29, 1.82) is 0 Å². The number of hydrogen-bond acceptors (Lipinski definition) is 5. The Bertz CT molecular complexity index is 377. The average molecular weight is 395 g/mol. The summed E-state index contributed by atoms with van der Waals surface area (Å²) < 4.78 is 28.5. The van der Waals surface area contributed by atoms with Gasteiger partial charge in [-0.1, -0.05) is 11.4 Å². The van der Waals surface area contributed by atoms with Crippen molar-refractivity contribution in [3.8, 4) is 0 Å². The van der Waals surface area contributed by atoms with E-state index in [9.17, 15) is 0 Å². The summed E-state index contributed by atoms with van der Waals surface area (Å²) in [5.41, 5.74) is 8.52. The molecule has 0 N–H and O–H groups in total. The van der Waals surface area contributed by atoms with Gasteiger partial charge in [0.25, 0.3) is 0 Å². The van der Waals surface area contributed by atoms with Gasteiger partial charge in [-0.05, 0) is 50.7 Å². The third kappa shape index (κ3) is 8.70. The summed E-state index contributed by atoms with van der Waals surface area (Å²) in [6.07, 6.45) is 0. The molecule has 0 fully saturated rings. The summed E-state index contributed by atoms with van der Waals surface area (Å²) in [6.45, 7) is 12.8. The molecule has 0 saturated heterocycles. The van der Waals surface area contributed by atoms with E-state index in [1.54, 1.807) is 28.4 Å². The molecule has 23 heavy (non-hydrogen) atoms. The van der Waals surface area contributed by atoms with E-state index in [2.05, 4.69) is 49.0 Å². The molecule has 0 rings (SSSR count). The van der Waals surface area contributed by atoms with Gasteiger partial charge < -0.3 is 21.8 Å². The van der Waals surface area contributed by atoms with Gasteiger partial charge in [0.15, 0.2) is 16.6 Å². The van der Waals surface area contributed by atoms with Crippen LogP contribution in [0.5, 0.6) is 0 Å². The minimum absolute atomic E-state index is 1.69. The molecule has 0 aromatic carbocycles. The van der Waals surface area contributed by atoms with Crippen molar-refractivity contribution < 1.29 is 21.8 Å². The minimum Gasteiger partial charge on any atom is -0.449 e. The maximum atomic E-state index is 6.52. The Morgan fingerprint density at radius 1 is 0.478 bits per heavy atom. The molecular weight excluding hydrogens is 360 g/mol. The zero-order valence-corrected chi connectivity index (χ0v) is 20.4. The van der Waals surface area contributed by atoms with Crippen LogP contribution in [0.4, 0.5) is 0 Å². The molecule has 136 valence electrons. The van der Waals surface area contributed by atoms with E-state index in [4.69, 9.17) is 21.8 Å². The molecule has 0 saturated carbocycles. The van der Waals surface area contributed by atoms with Crippen molar-refractivity contribution >= 4 is 33.8 Å². The predicted molar refractivity (Wildman–Crippen MR) is 106 cm³/mol. The van der Waals surface area contributed by atoms with E-state index in [1.165, 1.54) is 0 Å². The van der Waals surface area contributed by atoms with Crippen LogP contribution >= 0.6 is 0 Å². The van der Waals surface area contributed by atoms with Crippen molar-refractivity contribution in [1.82, 2.24) is 0 Å². The highest BCUT2D eigenvalue weighted by molar-refractivity contribution is 6.91. The Morgan fingerprint density at radius 3 is 0.957 bits per heavy atom. The summed E-state index contributed by atoms with van der Waals surface area (Å²) in [6, 6.07) is 0. The van der Waals surface area contributed by atoms with Crippen LogP contribution in [0.2, 0.25) is 39.3 Å². The van der Waals surface area contributed by atoms with Gasteiger partial charge >= 0.3 is 17.1 Å². The molecule has 0 radical (unpaired) electrons. The monoisotopic (exact) mass is 394 g/mol. The summed E-state index contributed by atoms with van der Waals surface area (Å²) in [5.74, 6) is 0. The van der Waals surface area contributed by atoms with Crippen LogP contribution in [0.15, 0.2) is 22.8 Å². The highest BCUT2D eigenvalue weighted by Gasteiger charge is 2.34. The topological polar surface area (TPSA) is 46.2 Å². The van der Waals surface area contributed by atoms with E-state index in [-0.39, 0.29) is 0 Å². The van der Waals surface area contributed by atoms with Crippen molar-refractivity contribution in [3.05, 3.63) is 22.8 Å². The Kier molecular flexibility index (Phi) is 9.07. The van der Waals surface area contributed by atoms with Crippen LogP contribution in [-0.2, 0) is 21.8 Å². The van der Waals surface area contributed by atoms with E-state index < -0.39 is 33.8 Å². The maximum Gasteiger partial charge on any atom is 0.360 e. The minimum atomic E-state index is -2.20. The molecule has 9 heteroatoms. The summed E-state index contributed by atoms with van der Waals surface area (Å²) in [5, 5.41) is 0. The fraction of sp³-hybridized carbons (Fsp3) is 0.714.